The summed E-state index contributed by atoms with van der Waals surface area (Å²) in [7, 11) is 1.71. The van der Waals surface area contributed by atoms with E-state index in [1.54, 1.807) is 7.11 Å². The second-order valence-corrected chi connectivity index (χ2v) is 5.19. The molecule has 1 heterocycles. The average Bonchev–Trinajstić information content (AvgIpc) is 2.45. The highest BCUT2D eigenvalue weighted by Gasteiger charge is 2.17. The number of hydrogen-bond donors (Lipinski definition) is 0. The monoisotopic (exact) mass is 255 g/mol. The van der Waals surface area contributed by atoms with Crippen LogP contribution in [-0.2, 0) is 6.42 Å². The highest BCUT2D eigenvalue weighted by molar-refractivity contribution is 5.32. The van der Waals surface area contributed by atoms with Crippen molar-refractivity contribution in [1.29, 1.82) is 0 Å². The van der Waals surface area contributed by atoms with Gasteiger partial charge >= 0.3 is 0 Å². The van der Waals surface area contributed by atoms with Gasteiger partial charge in [-0.3, -0.25) is 4.98 Å². The standard InChI is InChI=1S/C17H21NO/c1-13(2)17(10-14-6-5-9-18-12-14)15-7-4-8-16(11-15)19-3/h4-9,11-13,17H,10H2,1-3H3. The molecule has 0 aliphatic rings. The lowest BCUT2D eigenvalue weighted by Gasteiger charge is -2.22. The minimum Gasteiger partial charge on any atom is -0.497 e. The predicted octanol–water partition coefficient (Wildman–Crippen LogP) is 4.07. The van der Waals surface area contributed by atoms with Gasteiger partial charge in [-0.15, -0.1) is 0 Å². The smallest absolute Gasteiger partial charge is 0.119 e. The molecular weight excluding hydrogens is 234 g/mol. The van der Waals surface area contributed by atoms with Crippen molar-refractivity contribution >= 4 is 0 Å². The van der Waals surface area contributed by atoms with E-state index < -0.39 is 0 Å². The summed E-state index contributed by atoms with van der Waals surface area (Å²) in [5, 5.41) is 0. The molecule has 1 atom stereocenters. The van der Waals surface area contributed by atoms with Crippen molar-refractivity contribution in [2.75, 3.05) is 7.11 Å². The number of hydrogen-bond acceptors (Lipinski definition) is 2. The summed E-state index contributed by atoms with van der Waals surface area (Å²) in [4.78, 5) is 4.20. The molecule has 2 rings (SSSR count). The lowest BCUT2D eigenvalue weighted by molar-refractivity contribution is 0.412. The Hall–Kier alpha value is -1.83. The van der Waals surface area contributed by atoms with Gasteiger partial charge in [0.1, 0.15) is 5.75 Å². The molecule has 19 heavy (non-hydrogen) atoms. The van der Waals surface area contributed by atoms with E-state index in [1.807, 2.05) is 24.5 Å². The first kappa shape index (κ1) is 13.6. The Balaban J connectivity index is 2.24. The van der Waals surface area contributed by atoms with Crippen LogP contribution in [0, 0.1) is 5.92 Å². The van der Waals surface area contributed by atoms with Gasteiger partial charge in [0, 0.05) is 12.4 Å². The van der Waals surface area contributed by atoms with Gasteiger partial charge in [-0.05, 0) is 47.6 Å². The van der Waals surface area contributed by atoms with Crippen molar-refractivity contribution in [2.24, 2.45) is 5.92 Å². The van der Waals surface area contributed by atoms with Gasteiger partial charge in [-0.1, -0.05) is 32.0 Å². The number of methoxy groups -OCH3 is 1. The molecular formula is C17H21NO. The van der Waals surface area contributed by atoms with Crippen molar-refractivity contribution in [2.45, 2.75) is 26.2 Å². The van der Waals surface area contributed by atoms with Crippen LogP contribution in [0.3, 0.4) is 0 Å². The number of nitrogens with zero attached hydrogens (tertiary/aromatic N) is 1. The predicted molar refractivity (Wildman–Crippen MR) is 78.5 cm³/mol. The van der Waals surface area contributed by atoms with Crippen molar-refractivity contribution in [3.63, 3.8) is 0 Å². The Kier molecular flexibility index (Phi) is 4.56. The lowest BCUT2D eigenvalue weighted by Crippen LogP contribution is -2.10. The Morgan fingerprint density at radius 3 is 2.63 bits per heavy atom. The highest BCUT2D eigenvalue weighted by Crippen LogP contribution is 2.30. The van der Waals surface area contributed by atoms with Crippen molar-refractivity contribution in [1.82, 2.24) is 4.98 Å². The fourth-order valence-corrected chi connectivity index (χ4v) is 2.38. The Morgan fingerprint density at radius 2 is 2.00 bits per heavy atom. The SMILES string of the molecule is COc1cccc(C(Cc2cccnc2)C(C)C)c1. The molecule has 2 nitrogen and oxygen atoms in total. The van der Waals surface area contributed by atoms with E-state index >= 15 is 0 Å². The van der Waals surface area contributed by atoms with E-state index in [0.717, 1.165) is 12.2 Å². The van der Waals surface area contributed by atoms with Crippen LogP contribution in [0.5, 0.6) is 5.75 Å². The van der Waals surface area contributed by atoms with E-state index in [0.29, 0.717) is 11.8 Å². The molecule has 1 unspecified atom stereocenters. The zero-order chi connectivity index (χ0) is 13.7. The molecule has 0 saturated heterocycles. The van der Waals surface area contributed by atoms with Crippen LogP contribution in [0.15, 0.2) is 48.8 Å². The summed E-state index contributed by atoms with van der Waals surface area (Å²) in [6, 6.07) is 12.5. The summed E-state index contributed by atoms with van der Waals surface area (Å²) in [5.41, 5.74) is 2.61. The molecule has 0 bridgehead atoms. The molecule has 0 amide bonds. The Bertz CT molecular complexity index is 508. The van der Waals surface area contributed by atoms with Crippen LogP contribution in [-0.4, -0.2) is 12.1 Å². The third-order valence-electron chi connectivity index (χ3n) is 3.51. The lowest BCUT2D eigenvalue weighted by atomic mass is 9.84. The number of ether oxygens (including phenoxy) is 1. The van der Waals surface area contributed by atoms with Crippen molar-refractivity contribution in [3.8, 4) is 5.75 Å². The Morgan fingerprint density at radius 1 is 1.16 bits per heavy atom. The van der Waals surface area contributed by atoms with E-state index in [9.17, 15) is 0 Å². The summed E-state index contributed by atoms with van der Waals surface area (Å²) in [6.07, 6.45) is 4.79. The van der Waals surface area contributed by atoms with Gasteiger partial charge in [0.25, 0.3) is 0 Å². The zero-order valence-electron chi connectivity index (χ0n) is 11.8. The second-order valence-electron chi connectivity index (χ2n) is 5.19. The normalized spacial score (nSPS) is 12.4. The molecule has 0 fully saturated rings. The van der Waals surface area contributed by atoms with Crippen LogP contribution in [0.4, 0.5) is 0 Å². The third-order valence-corrected chi connectivity index (χ3v) is 3.51. The fraction of sp³-hybridized carbons (Fsp3) is 0.353. The maximum atomic E-state index is 5.32. The number of aromatic nitrogens is 1. The van der Waals surface area contributed by atoms with Gasteiger partial charge in [-0.2, -0.15) is 0 Å². The molecule has 0 radical (unpaired) electrons. The Labute approximate surface area is 115 Å². The highest BCUT2D eigenvalue weighted by atomic mass is 16.5. The van der Waals surface area contributed by atoms with Crippen LogP contribution in [0.1, 0.15) is 30.9 Å². The molecule has 100 valence electrons. The number of pyridine rings is 1. The first-order valence-electron chi connectivity index (χ1n) is 6.73. The fourth-order valence-electron chi connectivity index (χ4n) is 2.38. The average molecular weight is 255 g/mol. The topological polar surface area (TPSA) is 22.1 Å². The molecule has 0 aliphatic carbocycles. The zero-order valence-corrected chi connectivity index (χ0v) is 11.8. The van der Waals surface area contributed by atoms with E-state index in [4.69, 9.17) is 4.74 Å². The first-order valence-corrected chi connectivity index (χ1v) is 6.73. The quantitative estimate of drug-likeness (QED) is 0.803. The van der Waals surface area contributed by atoms with Crippen molar-refractivity contribution in [3.05, 3.63) is 59.9 Å². The first-order chi connectivity index (χ1) is 9.20. The van der Waals surface area contributed by atoms with E-state index in [1.165, 1.54) is 11.1 Å². The molecule has 2 heteroatoms. The number of benzene rings is 1. The summed E-state index contributed by atoms with van der Waals surface area (Å²) in [6.45, 7) is 4.53. The minimum atomic E-state index is 0.485. The largest absolute Gasteiger partial charge is 0.497 e. The van der Waals surface area contributed by atoms with Crippen LogP contribution in [0.25, 0.3) is 0 Å². The maximum Gasteiger partial charge on any atom is 0.119 e. The minimum absolute atomic E-state index is 0.485. The van der Waals surface area contributed by atoms with Crippen LogP contribution < -0.4 is 4.74 Å². The van der Waals surface area contributed by atoms with Gasteiger partial charge in [0.15, 0.2) is 0 Å². The summed E-state index contributed by atoms with van der Waals surface area (Å²) < 4.78 is 5.32. The number of rotatable bonds is 5. The van der Waals surface area contributed by atoms with Crippen LogP contribution in [0.2, 0.25) is 0 Å². The molecule has 0 aliphatic heterocycles. The molecule has 0 spiro atoms. The molecule has 0 N–H and O–H groups in total. The summed E-state index contributed by atoms with van der Waals surface area (Å²) in [5.74, 6) is 1.99. The second kappa shape index (κ2) is 6.37. The van der Waals surface area contributed by atoms with Crippen molar-refractivity contribution < 1.29 is 4.74 Å². The van der Waals surface area contributed by atoms with E-state index in [-0.39, 0.29) is 0 Å². The van der Waals surface area contributed by atoms with Gasteiger partial charge < -0.3 is 4.74 Å². The van der Waals surface area contributed by atoms with Crippen LogP contribution >= 0.6 is 0 Å². The molecule has 0 saturated carbocycles. The third kappa shape index (κ3) is 3.57. The van der Waals surface area contributed by atoms with Gasteiger partial charge in [-0.25, -0.2) is 0 Å². The van der Waals surface area contributed by atoms with Gasteiger partial charge in [0.05, 0.1) is 7.11 Å². The molecule has 1 aromatic heterocycles. The van der Waals surface area contributed by atoms with Gasteiger partial charge in [0.2, 0.25) is 0 Å². The van der Waals surface area contributed by atoms with E-state index in [2.05, 4.69) is 43.1 Å². The maximum absolute atomic E-state index is 5.32. The summed E-state index contributed by atoms with van der Waals surface area (Å²) >= 11 is 0. The molecule has 2 aromatic rings. The molecule has 1 aromatic carbocycles.